The summed E-state index contributed by atoms with van der Waals surface area (Å²) in [6, 6.07) is 19.9. The molecule has 7 heteroatoms. The van der Waals surface area contributed by atoms with Crippen LogP contribution in [0.4, 0.5) is 0 Å². The lowest BCUT2D eigenvalue weighted by atomic mass is 10.1. The van der Waals surface area contributed by atoms with Crippen LogP contribution < -0.4 is 5.32 Å². The first-order chi connectivity index (χ1) is 15.7. The van der Waals surface area contributed by atoms with E-state index in [9.17, 15) is 9.59 Å². The van der Waals surface area contributed by atoms with E-state index < -0.39 is 0 Å². The van der Waals surface area contributed by atoms with Gasteiger partial charge in [-0.05, 0) is 35.4 Å². The van der Waals surface area contributed by atoms with Gasteiger partial charge in [0.15, 0.2) is 0 Å². The Morgan fingerprint density at radius 3 is 2.66 bits per heavy atom. The molecular formula is C25H24N4O3. The number of furan rings is 1. The van der Waals surface area contributed by atoms with E-state index in [1.54, 1.807) is 17.2 Å². The minimum atomic E-state index is -0.328. The topological polar surface area (TPSA) is 80.4 Å². The van der Waals surface area contributed by atoms with E-state index in [1.807, 2.05) is 42.7 Å². The second kappa shape index (κ2) is 8.70. The Bertz CT molecular complexity index is 1230. The largest absolute Gasteiger partial charge is 0.467 e. The molecule has 0 bridgehead atoms. The van der Waals surface area contributed by atoms with Gasteiger partial charge in [0.25, 0.3) is 0 Å². The Morgan fingerprint density at radius 1 is 1.03 bits per heavy atom. The fourth-order valence-electron chi connectivity index (χ4n) is 4.12. The molecule has 1 aliphatic rings. The maximum Gasteiger partial charge on any atom is 0.225 e. The number of para-hydroxylation sites is 2. The van der Waals surface area contributed by atoms with Gasteiger partial charge < -0.3 is 19.2 Å². The molecule has 1 fully saturated rings. The van der Waals surface area contributed by atoms with E-state index in [0.29, 0.717) is 19.6 Å². The van der Waals surface area contributed by atoms with E-state index in [4.69, 9.17) is 4.42 Å². The van der Waals surface area contributed by atoms with Crippen LogP contribution in [0.2, 0.25) is 0 Å². The number of nitrogens with zero attached hydrogens (tertiary/aromatic N) is 3. The number of aromatic nitrogens is 2. The van der Waals surface area contributed by atoms with Crippen molar-refractivity contribution in [1.29, 1.82) is 0 Å². The fraction of sp³-hybridized carbons (Fsp3) is 0.240. The van der Waals surface area contributed by atoms with Gasteiger partial charge in [0.1, 0.15) is 5.76 Å². The lowest BCUT2D eigenvalue weighted by Gasteiger charge is -2.15. The average Bonchev–Trinajstić information content (AvgIpc) is 3.55. The molecule has 0 aliphatic carbocycles. The van der Waals surface area contributed by atoms with E-state index in [-0.39, 0.29) is 24.2 Å². The van der Waals surface area contributed by atoms with Crippen molar-refractivity contribution in [3.8, 4) is 0 Å². The Labute approximate surface area is 185 Å². The first kappa shape index (κ1) is 20.1. The first-order valence-corrected chi connectivity index (χ1v) is 10.7. The van der Waals surface area contributed by atoms with Gasteiger partial charge in [-0.3, -0.25) is 9.59 Å². The maximum absolute atomic E-state index is 12.6. The lowest BCUT2D eigenvalue weighted by molar-refractivity contribution is -0.129. The van der Waals surface area contributed by atoms with E-state index >= 15 is 0 Å². The molecule has 4 aromatic rings. The van der Waals surface area contributed by atoms with Crippen molar-refractivity contribution < 1.29 is 14.0 Å². The van der Waals surface area contributed by atoms with Crippen LogP contribution in [0.15, 0.2) is 77.7 Å². The highest BCUT2D eigenvalue weighted by Crippen LogP contribution is 2.21. The summed E-state index contributed by atoms with van der Waals surface area (Å²) >= 11 is 0. The van der Waals surface area contributed by atoms with Gasteiger partial charge in [0.2, 0.25) is 11.8 Å². The number of nitrogens with one attached hydrogen (secondary N) is 1. The highest BCUT2D eigenvalue weighted by Gasteiger charge is 2.34. The molecule has 1 saturated heterocycles. The summed E-state index contributed by atoms with van der Waals surface area (Å²) < 4.78 is 7.43. The van der Waals surface area contributed by atoms with Crippen LogP contribution in [0.5, 0.6) is 0 Å². The molecule has 5 rings (SSSR count). The number of imidazole rings is 1. The molecule has 0 unspecified atom stereocenters. The predicted octanol–water partition coefficient (Wildman–Crippen LogP) is 3.34. The maximum atomic E-state index is 12.6. The van der Waals surface area contributed by atoms with Crippen LogP contribution in [0.25, 0.3) is 11.0 Å². The van der Waals surface area contributed by atoms with Crippen molar-refractivity contribution in [3.63, 3.8) is 0 Å². The summed E-state index contributed by atoms with van der Waals surface area (Å²) in [5.74, 6) is 0.293. The van der Waals surface area contributed by atoms with Gasteiger partial charge in [-0.2, -0.15) is 0 Å². The number of hydrogen-bond donors (Lipinski definition) is 1. The standard InChI is InChI=1S/C25H24N4O3/c30-24-12-20(15-28(24)16-21-4-3-11-32-21)25(31)26-13-18-7-9-19(10-8-18)14-29-17-27-22-5-1-2-6-23(22)29/h1-11,17,20H,12-16H2,(H,26,31)/t20-/m1/s1. The fourth-order valence-corrected chi connectivity index (χ4v) is 4.12. The molecule has 0 radical (unpaired) electrons. The SMILES string of the molecule is O=C(NCc1ccc(Cn2cnc3ccccc32)cc1)[C@@H]1CC(=O)N(Cc2ccco2)C1. The van der Waals surface area contributed by atoms with Crippen molar-refractivity contribution >= 4 is 22.8 Å². The van der Waals surface area contributed by atoms with E-state index in [0.717, 1.165) is 34.5 Å². The van der Waals surface area contributed by atoms with Gasteiger partial charge in [-0.1, -0.05) is 36.4 Å². The molecule has 0 spiro atoms. The van der Waals surface area contributed by atoms with Gasteiger partial charge in [-0.15, -0.1) is 0 Å². The Balaban J connectivity index is 1.14. The molecule has 1 N–H and O–H groups in total. The van der Waals surface area contributed by atoms with Crippen molar-refractivity contribution in [3.05, 3.63) is 90.1 Å². The summed E-state index contributed by atoms with van der Waals surface area (Å²) in [5, 5.41) is 2.97. The first-order valence-electron chi connectivity index (χ1n) is 10.7. The zero-order chi connectivity index (χ0) is 21.9. The van der Waals surface area contributed by atoms with Crippen LogP contribution in [0.1, 0.15) is 23.3 Å². The van der Waals surface area contributed by atoms with Crippen LogP contribution in [0.3, 0.4) is 0 Å². The summed E-state index contributed by atoms with van der Waals surface area (Å²) in [7, 11) is 0. The Kier molecular flexibility index (Phi) is 5.46. The van der Waals surface area contributed by atoms with Crippen LogP contribution in [-0.2, 0) is 29.2 Å². The van der Waals surface area contributed by atoms with Gasteiger partial charge in [0.05, 0.1) is 36.1 Å². The molecule has 1 atom stereocenters. The van der Waals surface area contributed by atoms with Crippen molar-refractivity contribution in [2.24, 2.45) is 5.92 Å². The molecule has 2 aromatic heterocycles. The number of carbonyl (C=O) groups is 2. The molecule has 1 aliphatic heterocycles. The number of likely N-dealkylation sites (tertiary alicyclic amines) is 1. The number of carbonyl (C=O) groups excluding carboxylic acids is 2. The third kappa shape index (κ3) is 4.27. The second-order valence-corrected chi connectivity index (χ2v) is 8.15. The Morgan fingerprint density at radius 2 is 1.84 bits per heavy atom. The highest BCUT2D eigenvalue weighted by atomic mass is 16.3. The average molecular weight is 428 g/mol. The predicted molar refractivity (Wildman–Crippen MR) is 119 cm³/mol. The Hall–Kier alpha value is -3.87. The molecule has 162 valence electrons. The second-order valence-electron chi connectivity index (χ2n) is 8.15. The van der Waals surface area contributed by atoms with E-state index in [2.05, 4.69) is 33.1 Å². The number of rotatable bonds is 7. The van der Waals surface area contributed by atoms with Crippen molar-refractivity contribution in [2.45, 2.75) is 26.1 Å². The summed E-state index contributed by atoms with van der Waals surface area (Å²) in [6.07, 6.45) is 3.68. The van der Waals surface area contributed by atoms with Gasteiger partial charge in [-0.25, -0.2) is 4.98 Å². The zero-order valence-electron chi connectivity index (χ0n) is 17.6. The van der Waals surface area contributed by atoms with Gasteiger partial charge in [0, 0.05) is 26.1 Å². The molecule has 2 amide bonds. The molecule has 7 nitrogen and oxygen atoms in total. The minimum absolute atomic E-state index is 0.0158. The van der Waals surface area contributed by atoms with Crippen LogP contribution in [-0.4, -0.2) is 32.8 Å². The molecule has 2 aromatic carbocycles. The number of benzene rings is 2. The van der Waals surface area contributed by atoms with Crippen LogP contribution >= 0.6 is 0 Å². The number of amides is 2. The monoisotopic (exact) mass is 428 g/mol. The van der Waals surface area contributed by atoms with Crippen LogP contribution in [0, 0.1) is 5.92 Å². The third-order valence-corrected chi connectivity index (χ3v) is 5.88. The van der Waals surface area contributed by atoms with E-state index in [1.165, 1.54) is 0 Å². The lowest BCUT2D eigenvalue weighted by Crippen LogP contribution is -2.32. The quantitative estimate of drug-likeness (QED) is 0.490. The number of hydrogen-bond acceptors (Lipinski definition) is 4. The zero-order valence-corrected chi connectivity index (χ0v) is 17.6. The molecular weight excluding hydrogens is 404 g/mol. The summed E-state index contributed by atoms with van der Waals surface area (Å²) in [4.78, 5) is 30.9. The molecule has 3 heterocycles. The third-order valence-electron chi connectivity index (χ3n) is 5.88. The molecule has 32 heavy (non-hydrogen) atoms. The molecule has 0 saturated carbocycles. The highest BCUT2D eigenvalue weighted by molar-refractivity contribution is 5.89. The van der Waals surface area contributed by atoms with Crippen molar-refractivity contribution in [2.75, 3.05) is 6.54 Å². The number of fused-ring (bicyclic) bond motifs is 1. The summed E-state index contributed by atoms with van der Waals surface area (Å²) in [6.45, 7) is 2.01. The summed E-state index contributed by atoms with van der Waals surface area (Å²) in [5.41, 5.74) is 4.28. The normalized spacial score (nSPS) is 16.1. The minimum Gasteiger partial charge on any atom is -0.467 e. The van der Waals surface area contributed by atoms with Gasteiger partial charge >= 0.3 is 0 Å². The smallest absolute Gasteiger partial charge is 0.225 e. The van der Waals surface area contributed by atoms with Crippen molar-refractivity contribution in [1.82, 2.24) is 19.8 Å².